The molecule has 0 fully saturated rings. The second kappa shape index (κ2) is 4.41. The summed E-state index contributed by atoms with van der Waals surface area (Å²) >= 11 is 5.18. The molecule has 0 unspecified atom stereocenters. The Morgan fingerprint density at radius 1 is 1.12 bits per heavy atom. The maximum atomic E-state index is 10.7. The van der Waals surface area contributed by atoms with Crippen LogP contribution < -0.4 is 9.47 Å². The summed E-state index contributed by atoms with van der Waals surface area (Å²) in [4.78, 5) is 10.7. The van der Waals surface area contributed by atoms with Gasteiger partial charge in [-0.05, 0) is 22.9 Å². The van der Waals surface area contributed by atoms with E-state index in [9.17, 15) is 4.79 Å². The quantitative estimate of drug-likeness (QED) is 0.748. The molecule has 0 spiro atoms. The second-order valence-electron chi connectivity index (χ2n) is 3.19. The minimum absolute atomic E-state index is 0.321. The van der Waals surface area contributed by atoms with Crippen molar-refractivity contribution in [1.82, 2.24) is 0 Å². The van der Waals surface area contributed by atoms with Crippen molar-refractivity contribution in [2.45, 2.75) is 0 Å². The van der Waals surface area contributed by atoms with Crippen LogP contribution in [0.4, 0.5) is 4.79 Å². The molecule has 0 aliphatic rings. The summed E-state index contributed by atoms with van der Waals surface area (Å²) in [6.45, 7) is 0. The molecule has 0 aliphatic carbocycles. The molecule has 0 radical (unpaired) electrons. The zero-order valence-corrected chi connectivity index (χ0v) is 9.32. The second-order valence-corrected chi connectivity index (χ2v) is 3.50. The van der Waals surface area contributed by atoms with Crippen molar-refractivity contribution >= 4 is 27.8 Å². The minimum atomic E-state index is -0.881. The molecule has 0 amide bonds. The number of carbonyl (C=O) groups excluding carboxylic acids is 1. The van der Waals surface area contributed by atoms with E-state index in [4.69, 9.17) is 21.1 Å². The highest BCUT2D eigenvalue weighted by Crippen LogP contribution is 2.32. The Morgan fingerprint density at radius 3 is 2.19 bits per heavy atom. The Bertz CT molecular complexity index is 537. The minimum Gasteiger partial charge on any atom is -0.493 e. The summed E-state index contributed by atoms with van der Waals surface area (Å²) in [6.07, 6.45) is 0. The molecule has 0 atom stereocenters. The number of carbonyl (C=O) groups is 1. The number of halogens is 1. The van der Waals surface area contributed by atoms with E-state index in [-0.39, 0.29) is 0 Å². The highest BCUT2D eigenvalue weighted by molar-refractivity contribution is 6.61. The van der Waals surface area contributed by atoms with E-state index in [0.29, 0.717) is 11.5 Å². The fourth-order valence-corrected chi connectivity index (χ4v) is 1.61. The molecule has 0 saturated heterocycles. The van der Waals surface area contributed by atoms with Gasteiger partial charge in [0.15, 0.2) is 11.5 Å². The number of ether oxygens (including phenoxy) is 2. The van der Waals surface area contributed by atoms with Gasteiger partial charge in [-0.1, -0.05) is 24.3 Å². The molecule has 0 saturated carbocycles. The van der Waals surface area contributed by atoms with Gasteiger partial charge < -0.3 is 9.47 Å². The zero-order chi connectivity index (χ0) is 11.5. The van der Waals surface area contributed by atoms with Gasteiger partial charge in [-0.3, -0.25) is 0 Å². The van der Waals surface area contributed by atoms with Gasteiger partial charge in [0.25, 0.3) is 0 Å². The van der Waals surface area contributed by atoms with Gasteiger partial charge in [-0.15, -0.1) is 0 Å². The number of hydrogen-bond donors (Lipinski definition) is 0. The molecule has 0 aliphatic heterocycles. The van der Waals surface area contributed by atoms with Gasteiger partial charge in [-0.2, -0.15) is 0 Å². The summed E-state index contributed by atoms with van der Waals surface area (Å²) in [5.74, 6) is 0.800. The lowest BCUT2D eigenvalue weighted by Gasteiger charge is -2.08. The predicted molar refractivity (Wildman–Crippen MR) is 62.4 cm³/mol. The molecule has 0 aromatic heterocycles. The molecule has 0 N–H and O–H groups in total. The van der Waals surface area contributed by atoms with Crippen molar-refractivity contribution in [2.75, 3.05) is 7.11 Å². The average Bonchev–Trinajstić information content (AvgIpc) is 2.27. The Kier molecular flexibility index (Phi) is 2.97. The van der Waals surface area contributed by atoms with Crippen molar-refractivity contribution in [3.63, 3.8) is 0 Å². The van der Waals surface area contributed by atoms with Crippen molar-refractivity contribution in [2.24, 2.45) is 0 Å². The molecule has 0 heterocycles. The molecule has 2 aromatic rings. The third-order valence-electron chi connectivity index (χ3n) is 2.22. The van der Waals surface area contributed by atoms with Crippen LogP contribution in [-0.2, 0) is 0 Å². The van der Waals surface area contributed by atoms with E-state index < -0.39 is 5.43 Å². The van der Waals surface area contributed by atoms with Crippen LogP contribution in [0.5, 0.6) is 11.5 Å². The standard InChI is InChI=1S/C12H9ClO3/c1-15-10-6-8-4-2-3-5-9(8)7-11(10)16-12(13)14/h2-7H,1H3. The van der Waals surface area contributed by atoms with Crippen LogP contribution in [0.3, 0.4) is 0 Å². The van der Waals surface area contributed by atoms with E-state index in [1.165, 1.54) is 7.11 Å². The van der Waals surface area contributed by atoms with Crippen LogP contribution >= 0.6 is 11.6 Å². The molecule has 2 aromatic carbocycles. The lowest BCUT2D eigenvalue weighted by atomic mass is 10.1. The molecule has 4 heteroatoms. The summed E-state index contributed by atoms with van der Waals surface area (Å²) in [5.41, 5.74) is -0.881. The van der Waals surface area contributed by atoms with Gasteiger partial charge in [0.2, 0.25) is 0 Å². The predicted octanol–water partition coefficient (Wildman–Crippen LogP) is 3.59. The van der Waals surface area contributed by atoms with Crippen LogP contribution in [-0.4, -0.2) is 12.5 Å². The Labute approximate surface area is 97.5 Å². The molecule has 16 heavy (non-hydrogen) atoms. The van der Waals surface area contributed by atoms with E-state index in [1.807, 2.05) is 24.3 Å². The largest absolute Gasteiger partial charge is 0.493 e. The van der Waals surface area contributed by atoms with E-state index in [2.05, 4.69) is 0 Å². The Balaban J connectivity index is 2.58. The number of benzene rings is 2. The van der Waals surface area contributed by atoms with Gasteiger partial charge in [0.1, 0.15) is 0 Å². The van der Waals surface area contributed by atoms with Crippen molar-refractivity contribution in [1.29, 1.82) is 0 Å². The van der Waals surface area contributed by atoms with Gasteiger partial charge >= 0.3 is 5.43 Å². The van der Waals surface area contributed by atoms with Crippen LogP contribution in [0.25, 0.3) is 10.8 Å². The number of rotatable bonds is 2. The van der Waals surface area contributed by atoms with E-state index in [0.717, 1.165) is 10.8 Å². The first-order valence-corrected chi connectivity index (χ1v) is 5.02. The molecule has 0 bridgehead atoms. The highest BCUT2D eigenvalue weighted by Gasteiger charge is 2.09. The Morgan fingerprint density at radius 2 is 1.69 bits per heavy atom. The molecule has 3 nitrogen and oxygen atoms in total. The van der Waals surface area contributed by atoms with Gasteiger partial charge in [-0.25, -0.2) is 4.79 Å². The molecule has 82 valence electrons. The van der Waals surface area contributed by atoms with Crippen LogP contribution in [0.15, 0.2) is 36.4 Å². The summed E-state index contributed by atoms with van der Waals surface area (Å²) in [6, 6.07) is 11.2. The van der Waals surface area contributed by atoms with Gasteiger partial charge in [0, 0.05) is 11.6 Å². The lowest BCUT2D eigenvalue weighted by molar-refractivity contribution is 0.223. The van der Waals surface area contributed by atoms with E-state index >= 15 is 0 Å². The number of hydrogen-bond acceptors (Lipinski definition) is 3. The monoisotopic (exact) mass is 236 g/mol. The zero-order valence-electron chi connectivity index (χ0n) is 8.57. The first-order chi connectivity index (χ1) is 7.70. The fraction of sp³-hybridized carbons (Fsp3) is 0.0833. The highest BCUT2D eigenvalue weighted by atomic mass is 35.5. The lowest BCUT2D eigenvalue weighted by Crippen LogP contribution is -1.98. The van der Waals surface area contributed by atoms with Crippen LogP contribution in [0.1, 0.15) is 0 Å². The smallest absolute Gasteiger partial charge is 0.409 e. The normalized spacial score (nSPS) is 10.1. The van der Waals surface area contributed by atoms with Crippen molar-refractivity contribution < 1.29 is 14.3 Å². The number of fused-ring (bicyclic) bond motifs is 1. The van der Waals surface area contributed by atoms with Crippen molar-refractivity contribution in [3.05, 3.63) is 36.4 Å². The Hall–Kier alpha value is -1.74. The maximum absolute atomic E-state index is 10.7. The summed E-state index contributed by atoms with van der Waals surface area (Å²) < 4.78 is 9.96. The third kappa shape index (κ3) is 2.09. The first kappa shape index (κ1) is 10.8. The van der Waals surface area contributed by atoms with Crippen LogP contribution in [0.2, 0.25) is 0 Å². The average molecular weight is 237 g/mol. The fourth-order valence-electron chi connectivity index (χ4n) is 1.52. The molecular formula is C12H9ClO3. The SMILES string of the molecule is COc1cc2ccccc2cc1OC(=O)Cl. The first-order valence-electron chi connectivity index (χ1n) is 4.65. The van der Waals surface area contributed by atoms with Gasteiger partial charge in [0.05, 0.1) is 7.11 Å². The van der Waals surface area contributed by atoms with Crippen LogP contribution in [0, 0.1) is 0 Å². The molecular weight excluding hydrogens is 228 g/mol. The summed E-state index contributed by atoms with van der Waals surface area (Å²) in [7, 11) is 1.51. The number of methoxy groups -OCH3 is 1. The third-order valence-corrected chi connectivity index (χ3v) is 2.30. The van der Waals surface area contributed by atoms with E-state index in [1.54, 1.807) is 12.1 Å². The summed E-state index contributed by atoms with van der Waals surface area (Å²) in [5, 5.41) is 1.96. The molecule has 2 rings (SSSR count). The van der Waals surface area contributed by atoms with Crippen molar-refractivity contribution in [3.8, 4) is 11.5 Å². The maximum Gasteiger partial charge on any atom is 0.409 e. The topological polar surface area (TPSA) is 35.5 Å².